The molecule has 0 saturated heterocycles. The number of carbonyl (C=O) groups excluding carboxylic acids is 2. The van der Waals surface area contributed by atoms with Gasteiger partial charge in [0.15, 0.2) is 17.5 Å². The molecule has 0 heterocycles. The molecule has 0 aromatic carbocycles. The van der Waals surface area contributed by atoms with Crippen molar-refractivity contribution in [3.63, 3.8) is 0 Å². The molecule has 3 N–H and O–H groups in total. The summed E-state index contributed by atoms with van der Waals surface area (Å²) in [5, 5.41) is 34.3. The average Bonchev–Trinajstić information content (AvgIpc) is 3.44. The van der Waals surface area contributed by atoms with Crippen molar-refractivity contribution in [1.29, 1.82) is 0 Å². The highest BCUT2D eigenvalue weighted by molar-refractivity contribution is 5.95. The van der Waals surface area contributed by atoms with Crippen molar-refractivity contribution >= 4 is 11.8 Å². The van der Waals surface area contributed by atoms with Gasteiger partial charge in [0.05, 0.1) is 12.0 Å². The van der Waals surface area contributed by atoms with Crippen molar-refractivity contribution in [2.75, 3.05) is 6.61 Å². The fourth-order valence-corrected chi connectivity index (χ4v) is 8.77. The number of hydrogen-bond acceptors (Lipinski definition) is 6. The van der Waals surface area contributed by atoms with Gasteiger partial charge in [0.25, 0.3) is 0 Å². The molecule has 2 bridgehead atoms. The number of esters is 1. The van der Waals surface area contributed by atoms with Crippen LogP contribution in [0.1, 0.15) is 118 Å². The predicted octanol–water partition coefficient (Wildman–Crippen LogP) is 6.62. The molecule has 4 aliphatic rings. The van der Waals surface area contributed by atoms with Crippen molar-refractivity contribution in [3.05, 3.63) is 35.5 Å². The Kier molecular flexibility index (Phi) is 10.6. The summed E-state index contributed by atoms with van der Waals surface area (Å²) < 4.78 is 5.94. The van der Waals surface area contributed by atoms with Crippen LogP contribution < -0.4 is 0 Å². The summed E-state index contributed by atoms with van der Waals surface area (Å²) >= 11 is 0. The van der Waals surface area contributed by atoms with Crippen LogP contribution in [0.25, 0.3) is 0 Å². The van der Waals surface area contributed by atoms with E-state index in [1.165, 1.54) is 32.1 Å². The lowest BCUT2D eigenvalue weighted by atomic mass is 9.59. The molecule has 2 fully saturated rings. The number of ether oxygens (including phenoxy) is 1. The summed E-state index contributed by atoms with van der Waals surface area (Å²) in [7, 11) is 0. The molecule has 0 radical (unpaired) electrons. The fraction of sp³-hybridized carbons (Fsp3) is 0.778. The Morgan fingerprint density at radius 2 is 1.67 bits per heavy atom. The zero-order valence-corrected chi connectivity index (χ0v) is 26.7. The highest BCUT2D eigenvalue weighted by Gasteiger charge is 2.76. The summed E-state index contributed by atoms with van der Waals surface area (Å²) in [5.41, 5.74) is -2.63. The highest BCUT2D eigenvalue weighted by atomic mass is 16.6. The first-order valence-corrected chi connectivity index (χ1v) is 16.8. The zero-order valence-electron chi connectivity index (χ0n) is 26.7. The Morgan fingerprint density at radius 1 is 1.05 bits per heavy atom. The van der Waals surface area contributed by atoms with Gasteiger partial charge in [-0.05, 0) is 79.8 Å². The Balaban J connectivity index is 1.34. The van der Waals surface area contributed by atoms with Gasteiger partial charge in [0.2, 0.25) is 0 Å². The molecule has 0 aliphatic heterocycles. The molecule has 8 atom stereocenters. The topological polar surface area (TPSA) is 104 Å². The number of aliphatic hydroxyl groups is 3. The van der Waals surface area contributed by atoms with Crippen LogP contribution in [0.4, 0.5) is 0 Å². The predicted molar refractivity (Wildman–Crippen MR) is 165 cm³/mol. The van der Waals surface area contributed by atoms with E-state index in [0.29, 0.717) is 17.9 Å². The second-order valence-corrected chi connectivity index (χ2v) is 14.4. The Hall–Kier alpha value is -1.76. The van der Waals surface area contributed by atoms with E-state index >= 15 is 0 Å². The third-order valence-corrected chi connectivity index (χ3v) is 11.3. The van der Waals surface area contributed by atoms with Gasteiger partial charge in [-0.1, -0.05) is 90.5 Å². The number of ketones is 1. The summed E-state index contributed by atoms with van der Waals surface area (Å²) in [5.74, 6) is -0.888. The molecule has 0 amide bonds. The maximum Gasteiger partial charge on any atom is 0.306 e. The van der Waals surface area contributed by atoms with Gasteiger partial charge < -0.3 is 20.1 Å². The molecule has 0 unspecified atom stereocenters. The van der Waals surface area contributed by atoms with E-state index in [0.717, 1.165) is 38.5 Å². The van der Waals surface area contributed by atoms with Gasteiger partial charge in [0, 0.05) is 12.3 Å². The molecule has 0 aromatic rings. The first-order chi connectivity index (χ1) is 20.0. The molecule has 6 heteroatoms. The van der Waals surface area contributed by atoms with Gasteiger partial charge in [-0.25, -0.2) is 0 Å². The molecule has 0 aromatic heterocycles. The maximum absolute atomic E-state index is 14.4. The number of carbonyl (C=O) groups is 2. The standard InChI is InChI=1S/C36H56O6/c1-6-7-8-9-10-11-12-13-14-15-16-17-18-19-29(38)42-33-24(2)22-35-25(3)20-28-30(34(28,4)5)27(32(35)40)21-26(23-37)31(39)36(33,35)41/h11-12,21-22,25,27-28,30-31,33,37,39,41H,6-10,13-20,23H2,1-5H3/b12-11-/t25-,27+,28-,30+,31-,33+,35+,36-/m1/s1. The zero-order chi connectivity index (χ0) is 30.7. The van der Waals surface area contributed by atoms with Crippen LogP contribution in [-0.4, -0.2) is 51.5 Å². The number of unbranched alkanes of at least 4 members (excludes halogenated alkanes) is 9. The lowest BCUT2D eigenvalue weighted by Gasteiger charge is -2.48. The SMILES string of the molecule is CCCCCC/C=C\CCCCCCCC(=O)O[C@H]1C(C)=C[C@]23C(=O)[C@@H](C=C(CO)[C@@H](O)[C@@]12O)[C@H]1[C@@H](C[C@H]3C)C1(C)C. The first kappa shape index (κ1) is 33.1. The van der Waals surface area contributed by atoms with E-state index in [1.807, 2.05) is 6.92 Å². The molecular formula is C36H56O6. The maximum atomic E-state index is 14.4. The fourth-order valence-electron chi connectivity index (χ4n) is 8.77. The van der Waals surface area contributed by atoms with Crippen molar-refractivity contribution < 1.29 is 29.6 Å². The third kappa shape index (κ3) is 5.85. The van der Waals surface area contributed by atoms with Crippen molar-refractivity contribution in [1.82, 2.24) is 0 Å². The number of aliphatic hydroxyl groups excluding tert-OH is 2. The number of Topliss-reactive ketones (excluding diaryl/α,β-unsaturated/α-hetero) is 1. The van der Waals surface area contributed by atoms with Crippen molar-refractivity contribution in [2.45, 2.75) is 136 Å². The first-order valence-electron chi connectivity index (χ1n) is 16.8. The molecular weight excluding hydrogens is 528 g/mol. The van der Waals surface area contributed by atoms with Crippen molar-refractivity contribution in [3.8, 4) is 0 Å². The minimum atomic E-state index is -2.06. The second-order valence-electron chi connectivity index (χ2n) is 14.4. The third-order valence-electron chi connectivity index (χ3n) is 11.3. The minimum Gasteiger partial charge on any atom is -0.455 e. The van der Waals surface area contributed by atoms with Crippen LogP contribution >= 0.6 is 0 Å². The largest absolute Gasteiger partial charge is 0.455 e. The highest BCUT2D eigenvalue weighted by Crippen LogP contribution is 2.71. The summed E-state index contributed by atoms with van der Waals surface area (Å²) in [6.45, 7) is 9.87. The van der Waals surface area contributed by atoms with Crippen LogP contribution in [0.5, 0.6) is 0 Å². The summed E-state index contributed by atoms with van der Waals surface area (Å²) in [4.78, 5) is 27.4. The van der Waals surface area contributed by atoms with Gasteiger partial charge in [-0.2, -0.15) is 0 Å². The number of allylic oxidation sites excluding steroid dienone is 3. The van der Waals surface area contributed by atoms with Crippen LogP contribution in [0.3, 0.4) is 0 Å². The molecule has 2 saturated carbocycles. The molecule has 4 rings (SSSR count). The van der Waals surface area contributed by atoms with E-state index in [-0.39, 0.29) is 35.0 Å². The van der Waals surface area contributed by atoms with E-state index in [4.69, 9.17) is 4.74 Å². The van der Waals surface area contributed by atoms with E-state index < -0.39 is 41.7 Å². The lowest BCUT2D eigenvalue weighted by Crippen LogP contribution is -2.65. The van der Waals surface area contributed by atoms with Gasteiger partial charge in [-0.15, -0.1) is 0 Å². The smallest absolute Gasteiger partial charge is 0.306 e. The lowest BCUT2D eigenvalue weighted by molar-refractivity contribution is -0.203. The monoisotopic (exact) mass is 584 g/mol. The molecule has 236 valence electrons. The minimum absolute atomic E-state index is 0.0194. The molecule has 1 spiro atoms. The number of fused-ring (bicyclic) bond motifs is 3. The van der Waals surface area contributed by atoms with Crippen LogP contribution in [0, 0.1) is 34.5 Å². The second kappa shape index (κ2) is 13.5. The quantitative estimate of drug-likeness (QED) is 0.113. The normalized spacial score (nSPS) is 36.5. The van der Waals surface area contributed by atoms with Crippen LogP contribution in [-0.2, 0) is 14.3 Å². The molecule has 6 nitrogen and oxygen atoms in total. The van der Waals surface area contributed by atoms with Crippen molar-refractivity contribution in [2.24, 2.45) is 34.5 Å². The molecule has 4 aliphatic carbocycles. The summed E-state index contributed by atoms with van der Waals surface area (Å²) in [6.07, 6.45) is 18.9. The van der Waals surface area contributed by atoms with Gasteiger partial charge >= 0.3 is 5.97 Å². The Bertz CT molecular complexity index is 1070. The van der Waals surface area contributed by atoms with E-state index in [1.54, 1.807) is 19.1 Å². The number of hydrogen-bond donors (Lipinski definition) is 3. The van der Waals surface area contributed by atoms with Gasteiger partial charge in [0.1, 0.15) is 6.10 Å². The van der Waals surface area contributed by atoms with Gasteiger partial charge in [-0.3, -0.25) is 9.59 Å². The average molecular weight is 585 g/mol. The van der Waals surface area contributed by atoms with E-state index in [9.17, 15) is 24.9 Å². The summed E-state index contributed by atoms with van der Waals surface area (Å²) in [6, 6.07) is 0. The van der Waals surface area contributed by atoms with E-state index in [2.05, 4.69) is 32.9 Å². The Morgan fingerprint density at radius 3 is 2.31 bits per heavy atom. The van der Waals surface area contributed by atoms with Crippen LogP contribution in [0.15, 0.2) is 35.5 Å². The Labute approximate surface area is 253 Å². The number of rotatable bonds is 15. The van der Waals surface area contributed by atoms with Crippen LogP contribution in [0.2, 0.25) is 0 Å². The molecule has 42 heavy (non-hydrogen) atoms.